The van der Waals surface area contributed by atoms with Gasteiger partial charge < -0.3 is 9.64 Å². The molecule has 0 aromatic heterocycles. The standard InChI is InChI=1S/C26H27F3N4O4S2/c1-25(2)23(34)33(19-7-6-18(17-30)22(16-19)26(27,28)29)24(38)32(25)14-5-15-37-20-8-10-21(11-9-20)39(35,36)31-12-3-4-13-31/h6-11,16H,3-5,12-15H2,1-2H3. The summed E-state index contributed by atoms with van der Waals surface area (Å²) in [5.74, 6) is -0.00496. The quantitative estimate of drug-likeness (QED) is 0.334. The van der Waals surface area contributed by atoms with Crippen LogP contribution in [0.5, 0.6) is 5.75 Å². The van der Waals surface area contributed by atoms with Crippen LogP contribution >= 0.6 is 12.2 Å². The first-order chi connectivity index (χ1) is 18.3. The number of rotatable bonds is 8. The molecule has 0 aliphatic carbocycles. The number of halogens is 3. The Morgan fingerprint density at radius 3 is 2.33 bits per heavy atom. The zero-order valence-electron chi connectivity index (χ0n) is 21.4. The van der Waals surface area contributed by atoms with Crippen molar-refractivity contribution in [3.63, 3.8) is 0 Å². The van der Waals surface area contributed by atoms with Gasteiger partial charge in [0.15, 0.2) is 5.11 Å². The van der Waals surface area contributed by atoms with Crippen LogP contribution < -0.4 is 9.64 Å². The van der Waals surface area contributed by atoms with Crippen molar-refractivity contribution in [2.75, 3.05) is 31.1 Å². The molecule has 0 unspecified atom stereocenters. The highest BCUT2D eigenvalue weighted by Crippen LogP contribution is 2.38. The topological polar surface area (TPSA) is 94.0 Å². The molecule has 0 N–H and O–H groups in total. The van der Waals surface area contributed by atoms with E-state index in [9.17, 15) is 26.4 Å². The Bertz CT molecular complexity index is 1410. The van der Waals surface area contributed by atoms with Gasteiger partial charge in [0.25, 0.3) is 5.91 Å². The van der Waals surface area contributed by atoms with E-state index < -0.39 is 38.8 Å². The van der Waals surface area contributed by atoms with Gasteiger partial charge in [-0.25, -0.2) is 8.42 Å². The molecule has 0 saturated carbocycles. The molecule has 0 radical (unpaired) electrons. The first-order valence-corrected chi connectivity index (χ1v) is 14.1. The van der Waals surface area contributed by atoms with Crippen molar-refractivity contribution in [3.05, 3.63) is 53.6 Å². The zero-order chi connectivity index (χ0) is 28.6. The Hall–Kier alpha value is -3.21. The molecule has 208 valence electrons. The fourth-order valence-corrected chi connectivity index (χ4v) is 6.66. The summed E-state index contributed by atoms with van der Waals surface area (Å²) >= 11 is 5.49. The Kier molecular flexibility index (Phi) is 7.93. The number of anilines is 1. The number of alkyl halides is 3. The van der Waals surface area contributed by atoms with E-state index >= 15 is 0 Å². The van der Waals surface area contributed by atoms with Gasteiger partial charge in [-0.3, -0.25) is 9.69 Å². The average molecular weight is 581 g/mol. The van der Waals surface area contributed by atoms with Crippen molar-refractivity contribution in [3.8, 4) is 11.8 Å². The first-order valence-electron chi connectivity index (χ1n) is 12.3. The van der Waals surface area contributed by atoms with Crippen molar-refractivity contribution in [1.29, 1.82) is 5.26 Å². The van der Waals surface area contributed by atoms with Gasteiger partial charge in [-0.2, -0.15) is 22.7 Å². The zero-order valence-corrected chi connectivity index (χ0v) is 23.0. The number of amides is 1. The molecule has 0 atom stereocenters. The van der Waals surface area contributed by atoms with Crippen LogP contribution in [0.3, 0.4) is 0 Å². The molecule has 2 aromatic rings. The van der Waals surface area contributed by atoms with Crippen LogP contribution in [0.25, 0.3) is 0 Å². The van der Waals surface area contributed by atoms with Crippen LogP contribution in [0.2, 0.25) is 0 Å². The summed E-state index contributed by atoms with van der Waals surface area (Å²) in [4.78, 5) is 16.1. The Balaban J connectivity index is 1.40. The summed E-state index contributed by atoms with van der Waals surface area (Å²) in [5.41, 5.74) is -2.86. The average Bonchev–Trinajstić information content (AvgIpc) is 3.49. The lowest BCUT2D eigenvalue weighted by molar-refractivity contribution is -0.137. The van der Waals surface area contributed by atoms with Crippen LogP contribution in [-0.2, 0) is 21.0 Å². The third-order valence-electron chi connectivity index (χ3n) is 6.83. The van der Waals surface area contributed by atoms with Gasteiger partial charge in [0.05, 0.1) is 34.4 Å². The van der Waals surface area contributed by atoms with Gasteiger partial charge in [0, 0.05) is 19.6 Å². The molecule has 4 rings (SSSR count). The summed E-state index contributed by atoms with van der Waals surface area (Å²) in [6, 6.07) is 10.8. The maximum absolute atomic E-state index is 13.5. The van der Waals surface area contributed by atoms with Gasteiger partial charge >= 0.3 is 6.18 Å². The SMILES string of the molecule is CC1(C)C(=O)N(c2ccc(C#N)c(C(F)(F)F)c2)C(=S)N1CCCOc1ccc(S(=O)(=O)N2CCCC2)cc1. The molecule has 1 amide bonds. The van der Waals surface area contributed by atoms with E-state index in [1.54, 1.807) is 30.9 Å². The third-order valence-corrected chi connectivity index (χ3v) is 9.15. The molecular formula is C26H27F3N4O4S2. The maximum Gasteiger partial charge on any atom is 0.417 e. The van der Waals surface area contributed by atoms with E-state index in [1.165, 1.54) is 28.6 Å². The molecular weight excluding hydrogens is 553 g/mol. The van der Waals surface area contributed by atoms with Crippen molar-refractivity contribution in [1.82, 2.24) is 9.21 Å². The third kappa shape index (κ3) is 5.59. The second-order valence-electron chi connectivity index (χ2n) is 9.76. The predicted octanol–water partition coefficient (Wildman–Crippen LogP) is 4.54. The highest BCUT2D eigenvalue weighted by molar-refractivity contribution is 7.89. The van der Waals surface area contributed by atoms with E-state index in [1.807, 2.05) is 0 Å². The predicted molar refractivity (Wildman–Crippen MR) is 142 cm³/mol. The van der Waals surface area contributed by atoms with Crippen molar-refractivity contribution in [2.24, 2.45) is 0 Å². The number of nitriles is 1. The van der Waals surface area contributed by atoms with Crippen LogP contribution in [0.15, 0.2) is 47.4 Å². The lowest BCUT2D eigenvalue weighted by atomic mass is 10.0. The van der Waals surface area contributed by atoms with Gasteiger partial charge in [-0.15, -0.1) is 0 Å². The van der Waals surface area contributed by atoms with Crippen molar-refractivity contribution in [2.45, 2.75) is 49.7 Å². The number of carbonyl (C=O) groups is 1. The molecule has 2 aliphatic heterocycles. The number of hydrogen-bond donors (Lipinski definition) is 0. The van der Waals surface area contributed by atoms with Crippen LogP contribution in [0.4, 0.5) is 18.9 Å². The Morgan fingerprint density at radius 2 is 1.74 bits per heavy atom. The lowest BCUT2D eigenvalue weighted by Crippen LogP contribution is -2.44. The number of hydrogen-bond acceptors (Lipinski definition) is 6. The largest absolute Gasteiger partial charge is 0.494 e. The molecule has 2 heterocycles. The lowest BCUT2D eigenvalue weighted by Gasteiger charge is -2.29. The monoisotopic (exact) mass is 580 g/mol. The number of benzene rings is 2. The minimum Gasteiger partial charge on any atom is -0.494 e. The van der Waals surface area contributed by atoms with Gasteiger partial charge in [0.2, 0.25) is 10.0 Å². The van der Waals surface area contributed by atoms with E-state index in [-0.39, 0.29) is 28.8 Å². The maximum atomic E-state index is 13.5. The molecule has 2 saturated heterocycles. The van der Waals surface area contributed by atoms with Crippen LogP contribution in [0.1, 0.15) is 44.2 Å². The smallest absolute Gasteiger partial charge is 0.417 e. The molecule has 2 aromatic carbocycles. The normalized spacial score (nSPS) is 18.1. The second-order valence-corrected chi connectivity index (χ2v) is 12.1. The summed E-state index contributed by atoms with van der Waals surface area (Å²) in [5, 5.41) is 9.11. The van der Waals surface area contributed by atoms with Gasteiger partial charge in [-0.05, 0) is 87.8 Å². The van der Waals surface area contributed by atoms with Crippen LogP contribution in [0, 0.1) is 11.3 Å². The van der Waals surface area contributed by atoms with Gasteiger partial charge in [-0.1, -0.05) is 0 Å². The molecule has 0 spiro atoms. The first kappa shape index (κ1) is 28.8. The van der Waals surface area contributed by atoms with Crippen LogP contribution in [-0.4, -0.2) is 60.4 Å². The van der Waals surface area contributed by atoms with Gasteiger partial charge in [0.1, 0.15) is 11.3 Å². The van der Waals surface area contributed by atoms with Crippen molar-refractivity contribution < 1.29 is 31.1 Å². The fourth-order valence-electron chi connectivity index (χ4n) is 4.64. The number of nitrogens with zero attached hydrogens (tertiary/aromatic N) is 4. The number of sulfonamides is 1. The molecule has 13 heteroatoms. The Morgan fingerprint density at radius 1 is 1.10 bits per heavy atom. The summed E-state index contributed by atoms with van der Waals surface area (Å²) in [7, 11) is -3.52. The molecule has 2 aliphatic rings. The minimum absolute atomic E-state index is 0.0549. The summed E-state index contributed by atoms with van der Waals surface area (Å²) in [6.07, 6.45) is -2.64. The highest BCUT2D eigenvalue weighted by atomic mass is 32.2. The highest BCUT2D eigenvalue weighted by Gasteiger charge is 2.49. The molecule has 8 nitrogen and oxygen atoms in total. The molecule has 39 heavy (non-hydrogen) atoms. The van der Waals surface area contributed by atoms with E-state index in [4.69, 9.17) is 22.2 Å². The van der Waals surface area contributed by atoms with E-state index in [2.05, 4.69) is 0 Å². The number of carbonyl (C=O) groups excluding carboxylic acids is 1. The van der Waals surface area contributed by atoms with Crippen molar-refractivity contribution >= 4 is 38.9 Å². The van der Waals surface area contributed by atoms with E-state index in [0.717, 1.165) is 29.9 Å². The number of thiocarbonyl (C=S) groups is 1. The van der Waals surface area contributed by atoms with E-state index in [0.29, 0.717) is 25.3 Å². The summed E-state index contributed by atoms with van der Waals surface area (Å²) in [6.45, 7) is 4.83. The number of ether oxygens (including phenoxy) is 1. The fraction of sp³-hybridized carbons (Fsp3) is 0.423. The summed E-state index contributed by atoms with van der Waals surface area (Å²) < 4.78 is 73.0. The second kappa shape index (κ2) is 10.7. The molecule has 2 fully saturated rings. The molecule has 0 bridgehead atoms. The Labute approximate surface area is 230 Å². The minimum atomic E-state index is -4.77.